The minimum atomic E-state index is -0.687. The predicted molar refractivity (Wildman–Crippen MR) is 95.1 cm³/mol. The van der Waals surface area contributed by atoms with E-state index in [-0.39, 0.29) is 30.8 Å². The lowest BCUT2D eigenvalue weighted by molar-refractivity contribution is -0.146. The van der Waals surface area contributed by atoms with Crippen molar-refractivity contribution in [1.29, 1.82) is 0 Å². The highest BCUT2D eigenvalue weighted by Gasteiger charge is 2.44. The second kappa shape index (κ2) is 9.03. The van der Waals surface area contributed by atoms with Crippen LogP contribution in [0.15, 0.2) is 18.5 Å². The number of carbonyl (C=O) groups excluding carboxylic acids is 2. The third-order valence-electron chi connectivity index (χ3n) is 4.61. The van der Waals surface area contributed by atoms with Crippen LogP contribution in [0.2, 0.25) is 0 Å². The van der Waals surface area contributed by atoms with Crippen LogP contribution in [-0.2, 0) is 15.1 Å². The molecule has 7 nitrogen and oxygen atoms in total. The highest BCUT2D eigenvalue weighted by molar-refractivity contribution is 5.89. The number of halogens is 1. The van der Waals surface area contributed by atoms with Gasteiger partial charge in [0, 0.05) is 32.5 Å². The van der Waals surface area contributed by atoms with Crippen LogP contribution in [0.1, 0.15) is 26.7 Å². The molecule has 0 saturated carbocycles. The van der Waals surface area contributed by atoms with Gasteiger partial charge in [-0.3, -0.25) is 14.3 Å². The number of nitrogens with zero attached hydrogens (tertiary/aromatic N) is 4. The van der Waals surface area contributed by atoms with Crippen molar-refractivity contribution in [3.8, 4) is 0 Å². The van der Waals surface area contributed by atoms with Gasteiger partial charge in [0.15, 0.2) is 0 Å². The molecule has 2 heterocycles. The summed E-state index contributed by atoms with van der Waals surface area (Å²) in [6, 6.07) is 1.83. The first-order valence-corrected chi connectivity index (χ1v) is 8.29. The maximum absolute atomic E-state index is 13.1. The van der Waals surface area contributed by atoms with Crippen LogP contribution < -0.4 is 5.32 Å². The van der Waals surface area contributed by atoms with Crippen LogP contribution in [-0.4, -0.2) is 71.2 Å². The van der Waals surface area contributed by atoms with Crippen LogP contribution >= 0.6 is 12.4 Å². The quantitative estimate of drug-likeness (QED) is 0.814. The molecule has 1 aromatic heterocycles. The minimum absolute atomic E-state index is 0. The third-order valence-corrected chi connectivity index (χ3v) is 4.61. The lowest BCUT2D eigenvalue weighted by atomic mass is 9.87. The molecule has 136 valence electrons. The number of amides is 2. The topological polar surface area (TPSA) is 70.5 Å². The number of likely N-dealkylation sites (N-methyl/N-ethyl adjacent to an activating group) is 2. The zero-order valence-electron chi connectivity index (χ0n) is 14.7. The molecule has 0 bridgehead atoms. The van der Waals surface area contributed by atoms with Gasteiger partial charge in [-0.1, -0.05) is 0 Å². The van der Waals surface area contributed by atoms with Crippen LogP contribution in [0, 0.1) is 0 Å². The van der Waals surface area contributed by atoms with Gasteiger partial charge >= 0.3 is 0 Å². The molecule has 2 amide bonds. The fraction of sp³-hybridized carbons (Fsp3) is 0.688. The fourth-order valence-electron chi connectivity index (χ4n) is 3.21. The molecule has 0 atom stereocenters. The van der Waals surface area contributed by atoms with Crippen molar-refractivity contribution in [1.82, 2.24) is 24.9 Å². The minimum Gasteiger partial charge on any atom is -0.342 e. The van der Waals surface area contributed by atoms with Crippen molar-refractivity contribution in [3.05, 3.63) is 18.5 Å². The molecular formula is C16H28ClN5O2. The normalized spacial score (nSPS) is 16.1. The largest absolute Gasteiger partial charge is 0.342 e. The van der Waals surface area contributed by atoms with E-state index in [1.807, 2.05) is 26.1 Å². The molecule has 1 N–H and O–H groups in total. The van der Waals surface area contributed by atoms with E-state index in [0.717, 1.165) is 13.1 Å². The average molecular weight is 358 g/mol. The average Bonchev–Trinajstić information content (AvgIpc) is 3.11. The molecule has 1 aliphatic heterocycles. The fourth-order valence-corrected chi connectivity index (χ4v) is 3.21. The standard InChI is InChI=1S/C16H27N5O2.ClH/c1-4-20(5-2)14(22)13-19(3)15(23)16(7-10-17-11-8-16)21-12-6-9-18-21;/h6,9,12,17H,4-5,7-8,10-11,13H2,1-3H3;1H. The number of rotatable bonds is 6. The molecule has 1 fully saturated rings. The lowest BCUT2D eigenvalue weighted by Gasteiger charge is -2.39. The van der Waals surface area contributed by atoms with Crippen molar-refractivity contribution < 1.29 is 9.59 Å². The Balaban J connectivity index is 0.00000288. The third kappa shape index (κ3) is 4.08. The van der Waals surface area contributed by atoms with Crippen LogP contribution in [0.5, 0.6) is 0 Å². The molecule has 0 radical (unpaired) electrons. The first-order valence-electron chi connectivity index (χ1n) is 8.29. The van der Waals surface area contributed by atoms with Crippen LogP contribution in [0.3, 0.4) is 0 Å². The van der Waals surface area contributed by atoms with E-state index in [1.165, 1.54) is 0 Å². The molecule has 24 heavy (non-hydrogen) atoms. The molecule has 0 aliphatic carbocycles. The highest BCUT2D eigenvalue weighted by atomic mass is 35.5. The zero-order valence-corrected chi connectivity index (χ0v) is 15.5. The van der Waals surface area contributed by atoms with Gasteiger partial charge in [-0.05, 0) is 45.8 Å². The molecule has 2 rings (SSSR count). The van der Waals surface area contributed by atoms with E-state index in [1.54, 1.807) is 27.7 Å². The number of nitrogens with one attached hydrogen (secondary N) is 1. The van der Waals surface area contributed by atoms with Crippen molar-refractivity contribution in [2.45, 2.75) is 32.2 Å². The Morgan fingerprint density at radius 2 is 1.88 bits per heavy atom. The number of hydrogen-bond donors (Lipinski definition) is 1. The Labute approximate surface area is 149 Å². The molecule has 0 aromatic carbocycles. The molecule has 8 heteroatoms. The first-order chi connectivity index (χ1) is 11.0. The molecule has 0 unspecified atom stereocenters. The first kappa shape index (κ1) is 20.4. The monoisotopic (exact) mass is 357 g/mol. The smallest absolute Gasteiger partial charge is 0.250 e. The number of aromatic nitrogens is 2. The van der Waals surface area contributed by atoms with Gasteiger partial charge in [-0.25, -0.2) is 0 Å². The summed E-state index contributed by atoms with van der Waals surface area (Å²) in [6.07, 6.45) is 4.88. The lowest BCUT2D eigenvalue weighted by Crippen LogP contribution is -2.56. The Morgan fingerprint density at radius 3 is 2.38 bits per heavy atom. The van der Waals surface area contributed by atoms with Crippen LogP contribution in [0.25, 0.3) is 0 Å². The van der Waals surface area contributed by atoms with E-state index < -0.39 is 5.54 Å². The van der Waals surface area contributed by atoms with E-state index in [9.17, 15) is 9.59 Å². The van der Waals surface area contributed by atoms with Gasteiger partial charge in [0.2, 0.25) is 5.91 Å². The Hall–Kier alpha value is -1.60. The number of piperidine rings is 1. The van der Waals surface area contributed by atoms with Crippen molar-refractivity contribution >= 4 is 24.2 Å². The number of hydrogen-bond acceptors (Lipinski definition) is 4. The van der Waals surface area contributed by atoms with Crippen molar-refractivity contribution in [2.24, 2.45) is 0 Å². The summed E-state index contributed by atoms with van der Waals surface area (Å²) in [5.41, 5.74) is -0.687. The Bertz CT molecular complexity index is 525. The van der Waals surface area contributed by atoms with E-state index in [4.69, 9.17) is 0 Å². The van der Waals surface area contributed by atoms with Crippen LogP contribution in [0.4, 0.5) is 0 Å². The Morgan fingerprint density at radius 1 is 1.25 bits per heavy atom. The molecule has 0 spiro atoms. The van der Waals surface area contributed by atoms with Gasteiger partial charge in [0.1, 0.15) is 5.54 Å². The summed E-state index contributed by atoms with van der Waals surface area (Å²) in [6.45, 7) is 6.85. The summed E-state index contributed by atoms with van der Waals surface area (Å²) in [4.78, 5) is 28.7. The van der Waals surface area contributed by atoms with Crippen molar-refractivity contribution in [3.63, 3.8) is 0 Å². The molecular weight excluding hydrogens is 330 g/mol. The maximum Gasteiger partial charge on any atom is 0.250 e. The Kier molecular flexibility index (Phi) is 7.69. The van der Waals surface area contributed by atoms with Crippen molar-refractivity contribution in [2.75, 3.05) is 39.8 Å². The van der Waals surface area contributed by atoms with E-state index in [0.29, 0.717) is 25.9 Å². The summed E-state index contributed by atoms with van der Waals surface area (Å²) in [5.74, 6) is -0.0568. The van der Waals surface area contributed by atoms with Gasteiger partial charge in [0.05, 0.1) is 6.54 Å². The van der Waals surface area contributed by atoms with Gasteiger partial charge in [-0.2, -0.15) is 5.10 Å². The summed E-state index contributed by atoms with van der Waals surface area (Å²) in [7, 11) is 1.71. The second-order valence-corrected chi connectivity index (χ2v) is 5.96. The van der Waals surface area contributed by atoms with E-state index >= 15 is 0 Å². The predicted octanol–water partition coefficient (Wildman–Crippen LogP) is 0.710. The van der Waals surface area contributed by atoms with Gasteiger partial charge in [0.25, 0.3) is 5.91 Å². The molecule has 1 saturated heterocycles. The van der Waals surface area contributed by atoms with Gasteiger partial charge < -0.3 is 15.1 Å². The second-order valence-electron chi connectivity index (χ2n) is 5.96. The summed E-state index contributed by atoms with van der Waals surface area (Å²) >= 11 is 0. The van der Waals surface area contributed by atoms with E-state index in [2.05, 4.69) is 10.4 Å². The van der Waals surface area contributed by atoms with Gasteiger partial charge in [-0.15, -0.1) is 12.4 Å². The summed E-state index contributed by atoms with van der Waals surface area (Å²) < 4.78 is 1.76. The summed E-state index contributed by atoms with van der Waals surface area (Å²) in [5, 5.41) is 7.59. The SMILES string of the molecule is CCN(CC)C(=O)CN(C)C(=O)C1(n2cccn2)CCNCC1.Cl. The number of carbonyl (C=O) groups is 2. The maximum atomic E-state index is 13.1. The molecule has 1 aromatic rings. The highest BCUT2D eigenvalue weighted by Crippen LogP contribution is 2.29. The zero-order chi connectivity index (χ0) is 16.9. The molecule has 1 aliphatic rings.